The van der Waals surface area contributed by atoms with Crippen LogP contribution in [0.1, 0.15) is 48.0 Å². The normalized spacial score (nSPS) is 22.7. The summed E-state index contributed by atoms with van der Waals surface area (Å²) in [6, 6.07) is 5.28. The number of benzene rings is 1. The summed E-state index contributed by atoms with van der Waals surface area (Å²) in [4.78, 5) is 40.6. The average molecular weight is 396 g/mol. The summed E-state index contributed by atoms with van der Waals surface area (Å²) in [5.41, 5.74) is 7.59. The molecule has 1 atom stereocenters. The lowest BCUT2D eigenvalue weighted by Crippen LogP contribution is -2.42. The fraction of sp³-hybridized carbons (Fsp3) is 0.522. The maximum Gasteiger partial charge on any atom is 0.248 e. The predicted octanol–water partition coefficient (Wildman–Crippen LogP) is 2.31. The summed E-state index contributed by atoms with van der Waals surface area (Å²) < 4.78 is 0. The number of anilines is 1. The van der Waals surface area contributed by atoms with Crippen molar-refractivity contribution in [2.24, 2.45) is 17.6 Å². The minimum Gasteiger partial charge on any atom is -0.366 e. The molecule has 2 aliphatic heterocycles. The molecule has 1 fully saturated rings. The molecule has 2 N–H and O–H groups in total. The van der Waals surface area contributed by atoms with Crippen LogP contribution in [0.3, 0.4) is 0 Å². The minimum absolute atomic E-state index is 0.0876. The monoisotopic (exact) mass is 395 g/mol. The highest BCUT2D eigenvalue weighted by molar-refractivity contribution is 6.03. The molecule has 3 aliphatic rings. The van der Waals surface area contributed by atoms with Crippen molar-refractivity contribution in [1.29, 1.82) is 0 Å². The Labute approximate surface area is 171 Å². The second-order valence-electron chi connectivity index (χ2n) is 8.56. The van der Waals surface area contributed by atoms with E-state index in [1.165, 1.54) is 0 Å². The van der Waals surface area contributed by atoms with Crippen molar-refractivity contribution >= 4 is 23.3 Å². The Bertz CT molecular complexity index is 840. The number of likely N-dealkylation sites (tertiary alicyclic amines) is 1. The first-order valence-corrected chi connectivity index (χ1v) is 10.6. The zero-order valence-electron chi connectivity index (χ0n) is 16.8. The van der Waals surface area contributed by atoms with Crippen LogP contribution < -0.4 is 10.6 Å². The average Bonchev–Trinajstić information content (AvgIpc) is 3.04. The van der Waals surface area contributed by atoms with Gasteiger partial charge in [-0.15, -0.1) is 0 Å². The van der Waals surface area contributed by atoms with Crippen LogP contribution in [-0.4, -0.2) is 48.7 Å². The molecule has 1 aliphatic carbocycles. The van der Waals surface area contributed by atoms with Crippen molar-refractivity contribution in [2.75, 3.05) is 31.1 Å². The van der Waals surface area contributed by atoms with Gasteiger partial charge in [-0.05, 0) is 74.9 Å². The van der Waals surface area contributed by atoms with Crippen molar-refractivity contribution in [3.63, 3.8) is 0 Å². The van der Waals surface area contributed by atoms with E-state index in [1.54, 1.807) is 12.1 Å². The summed E-state index contributed by atoms with van der Waals surface area (Å²) in [5.74, 6) is 0.627. The number of rotatable bonds is 6. The standard InChI is InChI=1S/C23H29N3O3/c24-23(29)18-6-7-20-19(12-18)13-22(28)26(20)14-16-8-10-25(11-9-16)15-21(27)17-4-2-1-3-5-17/h1-2,6-7,12,16-17H,3-5,8-11,13-15H2,(H2,24,29). The molecule has 2 heterocycles. The van der Waals surface area contributed by atoms with Gasteiger partial charge in [0.05, 0.1) is 13.0 Å². The Morgan fingerprint density at radius 3 is 2.59 bits per heavy atom. The van der Waals surface area contributed by atoms with E-state index in [0.717, 1.165) is 56.4 Å². The van der Waals surface area contributed by atoms with Crippen molar-refractivity contribution in [1.82, 2.24) is 4.90 Å². The number of hydrogen-bond acceptors (Lipinski definition) is 4. The zero-order chi connectivity index (χ0) is 20.4. The molecule has 4 rings (SSSR count). The summed E-state index contributed by atoms with van der Waals surface area (Å²) >= 11 is 0. The van der Waals surface area contributed by atoms with Crippen LogP contribution in [0.15, 0.2) is 30.4 Å². The number of hydrogen-bond donors (Lipinski definition) is 1. The van der Waals surface area contributed by atoms with Gasteiger partial charge in [0, 0.05) is 23.7 Å². The van der Waals surface area contributed by atoms with Gasteiger partial charge in [0.15, 0.2) is 0 Å². The largest absolute Gasteiger partial charge is 0.366 e. The molecule has 1 unspecified atom stereocenters. The fourth-order valence-electron chi connectivity index (χ4n) is 4.76. The van der Waals surface area contributed by atoms with Gasteiger partial charge in [0.1, 0.15) is 5.78 Å². The third-order valence-corrected chi connectivity index (χ3v) is 6.55. The van der Waals surface area contributed by atoms with Gasteiger partial charge in [-0.3, -0.25) is 19.3 Å². The van der Waals surface area contributed by atoms with Crippen LogP contribution in [0, 0.1) is 11.8 Å². The highest BCUT2D eigenvalue weighted by atomic mass is 16.2. The first-order chi connectivity index (χ1) is 14.0. The number of amides is 2. The van der Waals surface area contributed by atoms with Gasteiger partial charge < -0.3 is 10.6 Å². The molecule has 154 valence electrons. The van der Waals surface area contributed by atoms with Crippen LogP contribution in [0.5, 0.6) is 0 Å². The van der Waals surface area contributed by atoms with Crippen molar-refractivity contribution < 1.29 is 14.4 Å². The predicted molar refractivity (Wildman–Crippen MR) is 112 cm³/mol. The molecule has 29 heavy (non-hydrogen) atoms. The van der Waals surface area contributed by atoms with E-state index in [1.807, 2.05) is 11.0 Å². The number of Topliss-reactive ketones (excluding diaryl/α,β-unsaturated/α-hetero) is 1. The van der Waals surface area contributed by atoms with E-state index in [9.17, 15) is 14.4 Å². The first kappa shape index (κ1) is 19.8. The molecular formula is C23H29N3O3. The molecule has 0 spiro atoms. The number of primary amides is 1. The van der Waals surface area contributed by atoms with Gasteiger partial charge >= 0.3 is 0 Å². The Kier molecular flexibility index (Phi) is 5.81. The second kappa shape index (κ2) is 8.49. The second-order valence-corrected chi connectivity index (χ2v) is 8.56. The molecule has 1 aromatic carbocycles. The number of ketones is 1. The summed E-state index contributed by atoms with van der Waals surface area (Å²) in [6.07, 6.45) is 9.53. The molecule has 0 bridgehead atoms. The van der Waals surface area contributed by atoms with Crippen LogP contribution >= 0.6 is 0 Å². The molecule has 6 nitrogen and oxygen atoms in total. The SMILES string of the molecule is NC(=O)c1ccc2c(c1)CC(=O)N2CC1CCN(CC(=O)C2CC=CCC2)CC1. The first-order valence-electron chi connectivity index (χ1n) is 10.6. The number of carbonyl (C=O) groups is 3. The molecule has 1 saturated heterocycles. The molecule has 0 radical (unpaired) electrons. The van der Waals surface area contributed by atoms with E-state index in [0.29, 0.717) is 36.8 Å². The zero-order valence-corrected chi connectivity index (χ0v) is 16.8. The van der Waals surface area contributed by atoms with E-state index >= 15 is 0 Å². The quantitative estimate of drug-likeness (QED) is 0.749. The third-order valence-electron chi connectivity index (χ3n) is 6.55. The number of carbonyl (C=O) groups excluding carboxylic acids is 3. The number of piperidine rings is 1. The number of nitrogens with zero attached hydrogens (tertiary/aromatic N) is 2. The van der Waals surface area contributed by atoms with Gasteiger partial charge in [0.25, 0.3) is 0 Å². The Morgan fingerprint density at radius 1 is 1.10 bits per heavy atom. The van der Waals surface area contributed by atoms with E-state index in [4.69, 9.17) is 5.73 Å². The maximum absolute atomic E-state index is 12.5. The molecule has 0 aromatic heterocycles. The highest BCUT2D eigenvalue weighted by Crippen LogP contribution is 2.32. The van der Waals surface area contributed by atoms with Crippen LogP contribution in [-0.2, 0) is 16.0 Å². The van der Waals surface area contributed by atoms with Crippen LogP contribution in [0.4, 0.5) is 5.69 Å². The molecular weight excluding hydrogens is 366 g/mol. The highest BCUT2D eigenvalue weighted by Gasteiger charge is 2.31. The molecule has 0 saturated carbocycles. The summed E-state index contributed by atoms with van der Waals surface area (Å²) in [5, 5.41) is 0. The number of nitrogens with two attached hydrogens (primary N) is 1. The van der Waals surface area contributed by atoms with Gasteiger partial charge in [0.2, 0.25) is 11.8 Å². The minimum atomic E-state index is -0.468. The van der Waals surface area contributed by atoms with Gasteiger partial charge in [-0.2, -0.15) is 0 Å². The van der Waals surface area contributed by atoms with Crippen LogP contribution in [0.25, 0.3) is 0 Å². The van der Waals surface area contributed by atoms with E-state index in [-0.39, 0.29) is 11.8 Å². The Hall–Kier alpha value is -2.47. The maximum atomic E-state index is 12.5. The third kappa shape index (κ3) is 4.42. The van der Waals surface area contributed by atoms with E-state index < -0.39 is 5.91 Å². The van der Waals surface area contributed by atoms with Crippen LogP contribution in [0.2, 0.25) is 0 Å². The fourth-order valence-corrected chi connectivity index (χ4v) is 4.76. The van der Waals surface area contributed by atoms with Gasteiger partial charge in [-0.25, -0.2) is 0 Å². The number of allylic oxidation sites excluding steroid dienone is 2. The topological polar surface area (TPSA) is 83.7 Å². The van der Waals surface area contributed by atoms with Gasteiger partial charge in [-0.1, -0.05) is 12.2 Å². The smallest absolute Gasteiger partial charge is 0.248 e. The molecule has 6 heteroatoms. The Balaban J connectivity index is 1.30. The molecule has 1 aromatic rings. The summed E-state index contributed by atoms with van der Waals surface area (Å²) in [7, 11) is 0. The van der Waals surface area contributed by atoms with Crippen molar-refractivity contribution in [3.8, 4) is 0 Å². The lowest BCUT2D eigenvalue weighted by atomic mass is 9.89. The lowest BCUT2D eigenvalue weighted by Gasteiger charge is -2.34. The summed E-state index contributed by atoms with van der Waals surface area (Å²) in [6.45, 7) is 3.09. The van der Waals surface area contributed by atoms with Crippen molar-refractivity contribution in [3.05, 3.63) is 41.5 Å². The van der Waals surface area contributed by atoms with E-state index in [2.05, 4.69) is 17.1 Å². The molecule has 2 amide bonds. The van der Waals surface area contributed by atoms with Crippen molar-refractivity contribution in [2.45, 2.75) is 38.5 Å². The lowest BCUT2D eigenvalue weighted by molar-refractivity contribution is -0.124. The number of fused-ring (bicyclic) bond motifs is 1. The Morgan fingerprint density at radius 2 is 1.90 bits per heavy atom.